The van der Waals surface area contributed by atoms with E-state index in [0.29, 0.717) is 12.2 Å². The maximum atomic E-state index is 12.8. The molecule has 1 unspecified atom stereocenters. The van der Waals surface area contributed by atoms with E-state index in [4.69, 9.17) is 4.74 Å². The number of carbonyl (C=O) groups is 5. The maximum Gasteiger partial charge on any atom is 0.326 e. The average Bonchev–Trinajstić information content (AvgIpc) is 3.40. The van der Waals surface area contributed by atoms with E-state index >= 15 is 0 Å². The molecule has 2 fully saturated rings. The van der Waals surface area contributed by atoms with Crippen LogP contribution in [-0.2, 0) is 28.7 Å². The molecule has 2 aliphatic rings. The summed E-state index contributed by atoms with van der Waals surface area (Å²) in [5.74, 6) is -2.63. The lowest BCUT2D eigenvalue weighted by Crippen LogP contribution is -2.52. The molecule has 0 spiro atoms. The van der Waals surface area contributed by atoms with E-state index in [0.717, 1.165) is 6.42 Å². The third-order valence-corrected chi connectivity index (χ3v) is 6.48. The molecule has 3 amide bonds. The second-order valence-corrected chi connectivity index (χ2v) is 9.10. The topological polar surface area (TPSA) is 151 Å². The van der Waals surface area contributed by atoms with Gasteiger partial charge in [-0.05, 0) is 30.4 Å². The number of methoxy groups -OCH3 is 1. The lowest BCUT2D eigenvalue weighted by molar-refractivity contribution is -0.149. The fourth-order valence-corrected chi connectivity index (χ4v) is 4.39. The summed E-state index contributed by atoms with van der Waals surface area (Å²) in [5, 5.41) is 14.6. The standard InChI is InChI=1S/C24H31N3O8/c1-24-12-17(23(32)33)27(18(24)13-24)20(29)14-25-22(31)16(26-19(28)8-9-21(30)34-2)10-11-35-15-6-4-3-5-7-15/h3-7,16-18H,8-14H2,1-2H3,(H,25,31)(H,26,28)(H,32,33)/t16?,17-,18-,24+/m0/s1. The molecule has 0 aromatic heterocycles. The molecule has 190 valence electrons. The van der Waals surface area contributed by atoms with Crippen LogP contribution in [0, 0.1) is 5.41 Å². The van der Waals surface area contributed by atoms with Crippen molar-refractivity contribution in [1.29, 1.82) is 0 Å². The van der Waals surface area contributed by atoms with Crippen molar-refractivity contribution in [1.82, 2.24) is 15.5 Å². The first-order valence-corrected chi connectivity index (χ1v) is 11.5. The molecule has 1 aromatic carbocycles. The molecule has 11 nitrogen and oxygen atoms in total. The Kier molecular flexibility index (Phi) is 8.31. The highest BCUT2D eigenvalue weighted by atomic mass is 16.5. The minimum atomic E-state index is -1.06. The van der Waals surface area contributed by atoms with Gasteiger partial charge in [-0.3, -0.25) is 19.2 Å². The molecule has 1 aliphatic heterocycles. The quantitative estimate of drug-likeness (QED) is 0.359. The number of piperidine rings is 1. The summed E-state index contributed by atoms with van der Waals surface area (Å²) in [5.41, 5.74) is -0.187. The minimum Gasteiger partial charge on any atom is -0.494 e. The Bertz CT molecular complexity index is 969. The highest BCUT2D eigenvalue weighted by Gasteiger charge is 2.64. The fraction of sp³-hybridized carbons (Fsp3) is 0.542. The van der Waals surface area contributed by atoms with Crippen LogP contribution in [0.15, 0.2) is 30.3 Å². The Morgan fingerprint density at radius 3 is 2.51 bits per heavy atom. The zero-order valence-corrected chi connectivity index (χ0v) is 19.8. The summed E-state index contributed by atoms with van der Waals surface area (Å²) in [4.78, 5) is 62.2. The van der Waals surface area contributed by atoms with Crippen molar-refractivity contribution in [2.75, 3.05) is 20.3 Å². The number of carboxylic acids is 1. The number of fused-ring (bicyclic) bond motifs is 1. The van der Waals surface area contributed by atoms with E-state index < -0.39 is 41.7 Å². The summed E-state index contributed by atoms with van der Waals surface area (Å²) >= 11 is 0. The monoisotopic (exact) mass is 489 g/mol. The molecule has 35 heavy (non-hydrogen) atoms. The van der Waals surface area contributed by atoms with E-state index in [-0.39, 0.29) is 43.9 Å². The predicted molar refractivity (Wildman–Crippen MR) is 122 cm³/mol. The number of aliphatic carboxylic acids is 1. The Hall–Kier alpha value is -3.63. The number of likely N-dealkylation sites (tertiary alicyclic amines) is 1. The van der Waals surface area contributed by atoms with Crippen LogP contribution in [0.4, 0.5) is 0 Å². The maximum absolute atomic E-state index is 12.8. The normalized spacial score (nSPS) is 23.0. The molecule has 0 bridgehead atoms. The molecule has 11 heteroatoms. The summed E-state index contributed by atoms with van der Waals surface area (Å²) in [7, 11) is 1.22. The number of rotatable bonds is 12. The molecule has 1 aliphatic carbocycles. The lowest BCUT2D eigenvalue weighted by Gasteiger charge is -2.25. The number of ether oxygens (including phenoxy) is 2. The van der Waals surface area contributed by atoms with Crippen molar-refractivity contribution in [3.05, 3.63) is 30.3 Å². The van der Waals surface area contributed by atoms with Crippen molar-refractivity contribution in [3.63, 3.8) is 0 Å². The minimum absolute atomic E-state index is 0.112. The van der Waals surface area contributed by atoms with Crippen LogP contribution in [0.25, 0.3) is 0 Å². The number of para-hydroxylation sites is 1. The van der Waals surface area contributed by atoms with Gasteiger partial charge in [-0.2, -0.15) is 0 Å². The zero-order chi connectivity index (χ0) is 25.6. The summed E-state index contributed by atoms with van der Waals surface area (Å²) < 4.78 is 10.1. The number of amides is 3. The highest BCUT2D eigenvalue weighted by molar-refractivity contribution is 5.92. The third-order valence-electron chi connectivity index (χ3n) is 6.48. The Balaban J connectivity index is 1.56. The average molecular weight is 490 g/mol. The molecule has 1 saturated carbocycles. The first-order chi connectivity index (χ1) is 16.6. The van der Waals surface area contributed by atoms with Crippen LogP contribution < -0.4 is 15.4 Å². The van der Waals surface area contributed by atoms with E-state index in [1.54, 1.807) is 24.3 Å². The second kappa shape index (κ2) is 11.2. The smallest absolute Gasteiger partial charge is 0.326 e. The molecule has 4 atom stereocenters. The van der Waals surface area contributed by atoms with Crippen LogP contribution in [-0.4, -0.2) is 78.1 Å². The predicted octanol–water partition coefficient (Wildman–Crippen LogP) is 0.474. The van der Waals surface area contributed by atoms with Crippen molar-refractivity contribution in [2.24, 2.45) is 5.41 Å². The molecule has 1 saturated heterocycles. The lowest BCUT2D eigenvalue weighted by atomic mass is 10.0. The Morgan fingerprint density at radius 2 is 1.86 bits per heavy atom. The first kappa shape index (κ1) is 26.0. The van der Waals surface area contributed by atoms with Crippen LogP contribution in [0.1, 0.15) is 39.0 Å². The SMILES string of the molecule is COC(=O)CCC(=O)NC(CCOc1ccccc1)C(=O)NCC(=O)N1[C@H]2C[C@@]2(C)C[C@H]1C(=O)O. The van der Waals surface area contributed by atoms with Gasteiger partial charge >= 0.3 is 11.9 Å². The number of nitrogens with zero attached hydrogens (tertiary/aromatic N) is 1. The molecule has 1 aromatic rings. The number of esters is 1. The van der Waals surface area contributed by atoms with Gasteiger partial charge in [0.25, 0.3) is 0 Å². The molecule has 3 rings (SSSR count). The first-order valence-electron chi connectivity index (χ1n) is 11.5. The van der Waals surface area contributed by atoms with Crippen LogP contribution in [0.2, 0.25) is 0 Å². The van der Waals surface area contributed by atoms with Crippen molar-refractivity contribution >= 4 is 29.7 Å². The van der Waals surface area contributed by atoms with E-state index in [9.17, 15) is 29.1 Å². The van der Waals surface area contributed by atoms with Crippen LogP contribution >= 0.6 is 0 Å². The van der Waals surface area contributed by atoms with E-state index in [1.807, 2.05) is 13.0 Å². The van der Waals surface area contributed by atoms with Gasteiger partial charge in [0.05, 0.1) is 26.7 Å². The molecular formula is C24H31N3O8. The van der Waals surface area contributed by atoms with Crippen molar-refractivity contribution < 1.29 is 38.6 Å². The molecule has 1 heterocycles. The van der Waals surface area contributed by atoms with Crippen molar-refractivity contribution in [2.45, 2.75) is 57.2 Å². The summed E-state index contributed by atoms with van der Waals surface area (Å²) in [6.45, 7) is 1.68. The number of hydrogen-bond acceptors (Lipinski definition) is 7. The van der Waals surface area contributed by atoms with Gasteiger partial charge in [0.15, 0.2) is 0 Å². The van der Waals surface area contributed by atoms with Gasteiger partial charge in [-0.15, -0.1) is 0 Å². The second-order valence-electron chi connectivity index (χ2n) is 9.10. The van der Waals surface area contributed by atoms with Crippen LogP contribution in [0.5, 0.6) is 5.75 Å². The van der Waals surface area contributed by atoms with Gasteiger partial charge in [0.1, 0.15) is 17.8 Å². The summed E-state index contributed by atoms with van der Waals surface area (Å²) in [6.07, 6.45) is 0.945. The van der Waals surface area contributed by atoms with Gasteiger partial charge in [0, 0.05) is 18.9 Å². The summed E-state index contributed by atoms with van der Waals surface area (Å²) in [6, 6.07) is 6.88. The largest absolute Gasteiger partial charge is 0.494 e. The molecule has 3 N–H and O–H groups in total. The number of benzene rings is 1. The molecular weight excluding hydrogens is 458 g/mol. The van der Waals surface area contributed by atoms with Gasteiger partial charge in [-0.1, -0.05) is 25.1 Å². The highest BCUT2D eigenvalue weighted by Crippen LogP contribution is 2.59. The van der Waals surface area contributed by atoms with E-state index in [1.165, 1.54) is 12.0 Å². The third kappa shape index (κ3) is 6.71. The zero-order valence-electron chi connectivity index (χ0n) is 19.8. The van der Waals surface area contributed by atoms with Gasteiger partial charge < -0.3 is 30.1 Å². The number of carboxylic acid groups (broad SMARTS) is 1. The number of nitrogens with one attached hydrogen (secondary N) is 2. The molecule has 0 radical (unpaired) electrons. The van der Waals surface area contributed by atoms with Crippen LogP contribution in [0.3, 0.4) is 0 Å². The van der Waals surface area contributed by atoms with Gasteiger partial charge in [0.2, 0.25) is 17.7 Å². The van der Waals surface area contributed by atoms with Gasteiger partial charge in [-0.25, -0.2) is 4.79 Å². The van der Waals surface area contributed by atoms with Crippen molar-refractivity contribution in [3.8, 4) is 5.75 Å². The fourth-order valence-electron chi connectivity index (χ4n) is 4.39. The Morgan fingerprint density at radius 1 is 1.14 bits per heavy atom. The number of hydrogen-bond donors (Lipinski definition) is 3. The Labute approximate surface area is 203 Å². The van der Waals surface area contributed by atoms with E-state index in [2.05, 4.69) is 15.4 Å². The number of carbonyl (C=O) groups excluding carboxylic acids is 4.